The van der Waals surface area contributed by atoms with Crippen molar-refractivity contribution in [1.29, 1.82) is 0 Å². The zero-order chi connectivity index (χ0) is 15.1. The van der Waals surface area contributed by atoms with Crippen molar-refractivity contribution < 1.29 is 9.59 Å². The van der Waals surface area contributed by atoms with Crippen LogP contribution in [0.25, 0.3) is 0 Å². The molecule has 0 bridgehead atoms. The minimum absolute atomic E-state index is 0.203. The molecule has 0 radical (unpaired) electrons. The minimum Gasteiger partial charge on any atom is -0.333 e. The average molecular weight is 270 g/mol. The fourth-order valence-corrected chi connectivity index (χ4v) is 1.80. The molecule has 2 unspecified atom stereocenters. The molecule has 112 valence electrons. The zero-order valence-electron chi connectivity index (χ0n) is 13.3. The number of amides is 2. The summed E-state index contributed by atoms with van der Waals surface area (Å²) in [6.45, 7) is 12.1. The van der Waals surface area contributed by atoms with Gasteiger partial charge < -0.3 is 15.4 Å². The summed E-state index contributed by atoms with van der Waals surface area (Å²) >= 11 is 0. The van der Waals surface area contributed by atoms with E-state index in [0.29, 0.717) is 0 Å². The van der Waals surface area contributed by atoms with Crippen LogP contribution in [0, 0.1) is 5.41 Å². The van der Waals surface area contributed by atoms with Crippen LogP contribution in [0.2, 0.25) is 0 Å². The van der Waals surface area contributed by atoms with Gasteiger partial charge in [0, 0.05) is 5.54 Å². The van der Waals surface area contributed by atoms with E-state index in [2.05, 4.69) is 31.4 Å². The van der Waals surface area contributed by atoms with Gasteiger partial charge in [0.05, 0.1) is 6.04 Å². The van der Waals surface area contributed by atoms with Gasteiger partial charge in [-0.25, -0.2) is 4.79 Å². The van der Waals surface area contributed by atoms with Gasteiger partial charge in [0.1, 0.15) is 6.29 Å². The summed E-state index contributed by atoms with van der Waals surface area (Å²) in [5, 5.41) is 5.76. The van der Waals surface area contributed by atoms with Gasteiger partial charge >= 0.3 is 6.03 Å². The topological polar surface area (TPSA) is 58.2 Å². The third-order valence-electron chi connectivity index (χ3n) is 3.63. The fraction of sp³-hybridized carbons (Fsp3) is 0.867. The second-order valence-corrected chi connectivity index (χ2v) is 6.60. The van der Waals surface area contributed by atoms with E-state index in [-0.39, 0.29) is 17.0 Å². The zero-order valence-corrected chi connectivity index (χ0v) is 13.3. The Morgan fingerprint density at radius 1 is 1.21 bits per heavy atom. The van der Waals surface area contributed by atoms with E-state index < -0.39 is 6.04 Å². The number of hydrogen-bond donors (Lipinski definition) is 2. The van der Waals surface area contributed by atoms with E-state index in [1.165, 1.54) is 0 Å². The number of carbonyl (C=O) groups excluding carboxylic acids is 2. The fourth-order valence-electron chi connectivity index (χ4n) is 1.80. The molecule has 2 amide bonds. The maximum Gasteiger partial charge on any atom is 0.315 e. The Morgan fingerprint density at radius 2 is 1.79 bits per heavy atom. The first kappa shape index (κ1) is 17.9. The summed E-state index contributed by atoms with van der Waals surface area (Å²) in [7, 11) is 0. The molecule has 0 aliphatic rings. The predicted octanol–water partition coefficient (Wildman–Crippen LogP) is 3.26. The lowest BCUT2D eigenvalue weighted by Crippen LogP contribution is -2.55. The molecule has 2 N–H and O–H groups in total. The van der Waals surface area contributed by atoms with Crippen LogP contribution >= 0.6 is 0 Å². The van der Waals surface area contributed by atoms with Crippen molar-refractivity contribution in [1.82, 2.24) is 10.6 Å². The first-order valence-electron chi connectivity index (χ1n) is 7.22. The highest BCUT2D eigenvalue weighted by Gasteiger charge is 2.28. The monoisotopic (exact) mass is 270 g/mol. The van der Waals surface area contributed by atoms with Gasteiger partial charge in [-0.3, -0.25) is 0 Å². The number of rotatable bonds is 7. The van der Waals surface area contributed by atoms with Gasteiger partial charge in [-0.2, -0.15) is 0 Å². The molecule has 0 saturated carbocycles. The number of hydrogen-bond acceptors (Lipinski definition) is 2. The minimum atomic E-state index is -0.472. The number of unbranched alkanes of at least 4 members (excludes halogenated alkanes) is 1. The van der Waals surface area contributed by atoms with Crippen molar-refractivity contribution >= 4 is 12.3 Å². The Bertz CT molecular complexity index is 297. The van der Waals surface area contributed by atoms with Crippen LogP contribution < -0.4 is 10.6 Å². The Hall–Kier alpha value is -1.06. The average Bonchev–Trinajstić information content (AvgIpc) is 2.32. The molecule has 0 heterocycles. The molecular formula is C15H30N2O2. The Balaban J connectivity index is 4.54. The lowest BCUT2D eigenvalue weighted by molar-refractivity contribution is -0.111. The van der Waals surface area contributed by atoms with Crippen molar-refractivity contribution in [3.8, 4) is 0 Å². The van der Waals surface area contributed by atoms with Crippen LogP contribution in [0.5, 0.6) is 0 Å². The molecule has 0 aromatic carbocycles. The maximum absolute atomic E-state index is 12.0. The van der Waals surface area contributed by atoms with Gasteiger partial charge in [-0.15, -0.1) is 0 Å². The number of nitrogens with one attached hydrogen (secondary N) is 2. The molecule has 4 heteroatoms. The van der Waals surface area contributed by atoms with E-state index >= 15 is 0 Å². The number of urea groups is 1. The molecule has 0 aliphatic heterocycles. The Labute approximate surface area is 117 Å². The smallest absolute Gasteiger partial charge is 0.315 e. The summed E-state index contributed by atoms with van der Waals surface area (Å²) in [4.78, 5) is 23.1. The molecule has 0 fully saturated rings. The molecule has 0 aromatic rings. The standard InChI is InChI=1S/C15H30N2O2/c1-7-9-10-15(6,8-2)17-13(19)16-12(11-18)14(3,4)5/h11-12H,7-10H2,1-6H3,(H2,16,17,19). The highest BCUT2D eigenvalue weighted by atomic mass is 16.2. The summed E-state index contributed by atoms with van der Waals surface area (Å²) < 4.78 is 0. The van der Waals surface area contributed by atoms with E-state index in [1.807, 2.05) is 20.8 Å². The van der Waals surface area contributed by atoms with E-state index in [4.69, 9.17) is 0 Å². The molecule has 0 rings (SSSR count). The lowest BCUT2D eigenvalue weighted by atomic mass is 9.87. The Kier molecular flexibility index (Phi) is 7.09. The van der Waals surface area contributed by atoms with Gasteiger partial charge in [0.2, 0.25) is 0 Å². The Morgan fingerprint density at radius 3 is 2.16 bits per heavy atom. The molecule has 0 spiro atoms. The van der Waals surface area contributed by atoms with Crippen molar-refractivity contribution in [3.63, 3.8) is 0 Å². The quantitative estimate of drug-likeness (QED) is 0.698. The molecular weight excluding hydrogens is 240 g/mol. The highest BCUT2D eigenvalue weighted by Crippen LogP contribution is 2.19. The first-order chi connectivity index (χ1) is 8.68. The molecule has 4 nitrogen and oxygen atoms in total. The van der Waals surface area contributed by atoms with Crippen LogP contribution in [-0.4, -0.2) is 23.9 Å². The second kappa shape index (κ2) is 7.51. The normalized spacial score (nSPS) is 16.3. The number of carbonyl (C=O) groups is 2. The third-order valence-corrected chi connectivity index (χ3v) is 3.63. The largest absolute Gasteiger partial charge is 0.333 e. The summed E-state index contributed by atoms with van der Waals surface area (Å²) in [6, 6.07) is -0.729. The molecule has 19 heavy (non-hydrogen) atoms. The predicted molar refractivity (Wildman–Crippen MR) is 79.2 cm³/mol. The summed E-state index contributed by atoms with van der Waals surface area (Å²) in [6.07, 6.45) is 4.82. The van der Waals surface area contributed by atoms with Crippen molar-refractivity contribution in [2.24, 2.45) is 5.41 Å². The van der Waals surface area contributed by atoms with Crippen LogP contribution in [-0.2, 0) is 4.79 Å². The molecule has 0 saturated heterocycles. The van der Waals surface area contributed by atoms with Gasteiger partial charge in [0.25, 0.3) is 0 Å². The second-order valence-electron chi connectivity index (χ2n) is 6.60. The van der Waals surface area contributed by atoms with Crippen LogP contribution in [0.1, 0.15) is 67.2 Å². The summed E-state index contributed by atoms with van der Waals surface area (Å²) in [5.41, 5.74) is -0.476. The van der Waals surface area contributed by atoms with E-state index in [9.17, 15) is 9.59 Å². The van der Waals surface area contributed by atoms with Crippen LogP contribution in [0.15, 0.2) is 0 Å². The molecule has 2 atom stereocenters. The van der Waals surface area contributed by atoms with Crippen molar-refractivity contribution in [2.45, 2.75) is 78.8 Å². The van der Waals surface area contributed by atoms with Crippen molar-refractivity contribution in [2.75, 3.05) is 0 Å². The van der Waals surface area contributed by atoms with Gasteiger partial charge in [-0.05, 0) is 25.2 Å². The van der Waals surface area contributed by atoms with Crippen molar-refractivity contribution in [3.05, 3.63) is 0 Å². The lowest BCUT2D eigenvalue weighted by Gasteiger charge is -2.32. The first-order valence-corrected chi connectivity index (χ1v) is 7.22. The maximum atomic E-state index is 12.0. The van der Waals surface area contributed by atoms with Crippen LogP contribution in [0.3, 0.4) is 0 Å². The molecule has 0 aromatic heterocycles. The van der Waals surface area contributed by atoms with Crippen LogP contribution in [0.4, 0.5) is 4.79 Å². The van der Waals surface area contributed by atoms with Gasteiger partial charge in [-0.1, -0.05) is 47.5 Å². The summed E-state index contributed by atoms with van der Waals surface area (Å²) in [5.74, 6) is 0. The van der Waals surface area contributed by atoms with E-state index in [0.717, 1.165) is 32.0 Å². The third kappa shape index (κ3) is 6.60. The van der Waals surface area contributed by atoms with Gasteiger partial charge in [0.15, 0.2) is 0 Å². The SMILES string of the molecule is CCCCC(C)(CC)NC(=O)NC(C=O)C(C)(C)C. The highest BCUT2D eigenvalue weighted by molar-refractivity contribution is 5.79. The number of aldehydes is 1. The van der Waals surface area contributed by atoms with E-state index in [1.54, 1.807) is 0 Å². The molecule has 0 aliphatic carbocycles.